The number of carbonyl (C=O) groups excluding carboxylic acids is 1. The van der Waals surface area contributed by atoms with Crippen LogP contribution in [0.3, 0.4) is 0 Å². The van der Waals surface area contributed by atoms with E-state index in [2.05, 4.69) is 45.7 Å². The summed E-state index contributed by atoms with van der Waals surface area (Å²) in [6, 6.07) is 2.08. The lowest BCUT2D eigenvalue weighted by Gasteiger charge is -2.37. The zero-order valence-electron chi connectivity index (χ0n) is 17.5. The van der Waals surface area contributed by atoms with E-state index >= 15 is 0 Å². The summed E-state index contributed by atoms with van der Waals surface area (Å²) < 4.78 is 5.08. The fraction of sp³-hybridized carbons (Fsp3) is 0.727. The van der Waals surface area contributed by atoms with E-state index in [9.17, 15) is 10.1 Å². The van der Waals surface area contributed by atoms with Crippen molar-refractivity contribution in [1.82, 2.24) is 4.90 Å². The van der Waals surface area contributed by atoms with E-state index in [0.29, 0.717) is 5.92 Å². The minimum absolute atomic E-state index is 0.0212. The van der Waals surface area contributed by atoms with Gasteiger partial charge in [-0.05, 0) is 49.2 Å². The maximum absolute atomic E-state index is 12.2. The third kappa shape index (κ3) is 6.52. The average molecular weight is 361 g/mol. The quantitative estimate of drug-likeness (QED) is 0.321. The maximum atomic E-state index is 12.2. The summed E-state index contributed by atoms with van der Waals surface area (Å²) in [5.41, 5.74) is 2.20. The number of ether oxygens (including phenoxy) is 1. The minimum Gasteiger partial charge on any atom is -0.462 e. The Morgan fingerprint density at radius 3 is 2.58 bits per heavy atom. The van der Waals surface area contributed by atoms with Crippen LogP contribution in [0.25, 0.3) is 0 Å². The standard InChI is InChI=1S/C22H36N2O2/c1-7-10-11-17(8-2)16-24(6)19-12-18(13-22(4,5)14-19)20(15-23)21(25)26-9-3/h12,17H,7-11,13-14,16H2,1-6H3/b20-18+. The molecule has 0 bridgehead atoms. The van der Waals surface area contributed by atoms with Crippen LogP contribution in [-0.2, 0) is 9.53 Å². The molecule has 0 saturated heterocycles. The van der Waals surface area contributed by atoms with Gasteiger partial charge in [0.05, 0.1) is 6.61 Å². The molecule has 0 fully saturated rings. The molecule has 1 atom stereocenters. The molecule has 0 amide bonds. The Bertz CT molecular complexity index is 581. The minimum atomic E-state index is -0.504. The van der Waals surface area contributed by atoms with Crippen molar-refractivity contribution in [3.05, 3.63) is 22.9 Å². The van der Waals surface area contributed by atoms with Gasteiger partial charge in [-0.3, -0.25) is 0 Å². The first-order valence-corrected chi connectivity index (χ1v) is 10.00. The second kappa shape index (κ2) is 10.4. The normalized spacial score (nSPS) is 19.2. The summed E-state index contributed by atoms with van der Waals surface area (Å²) in [7, 11) is 2.13. The van der Waals surface area contributed by atoms with Crippen LogP contribution in [0.5, 0.6) is 0 Å². The maximum Gasteiger partial charge on any atom is 0.349 e. The van der Waals surface area contributed by atoms with Gasteiger partial charge in [0.15, 0.2) is 0 Å². The SMILES string of the molecule is CCCCC(CC)CN(C)C1=C/C(=C(/C#N)C(=O)OCC)CC(C)(C)C1. The van der Waals surface area contributed by atoms with Gasteiger partial charge in [-0.25, -0.2) is 4.79 Å². The molecule has 0 spiro atoms. The Hall–Kier alpha value is -1.76. The smallest absolute Gasteiger partial charge is 0.349 e. The van der Waals surface area contributed by atoms with Gasteiger partial charge in [0.1, 0.15) is 11.6 Å². The molecule has 0 aromatic carbocycles. The number of esters is 1. The van der Waals surface area contributed by atoms with Gasteiger partial charge in [-0.2, -0.15) is 5.26 Å². The molecule has 1 unspecified atom stereocenters. The number of hydrogen-bond donors (Lipinski definition) is 0. The Labute approximate surface area is 159 Å². The van der Waals surface area contributed by atoms with E-state index < -0.39 is 5.97 Å². The summed E-state index contributed by atoms with van der Waals surface area (Å²) in [6.07, 6.45) is 8.65. The highest BCUT2D eigenvalue weighted by Crippen LogP contribution is 2.40. The largest absolute Gasteiger partial charge is 0.462 e. The van der Waals surface area contributed by atoms with E-state index in [0.717, 1.165) is 25.0 Å². The van der Waals surface area contributed by atoms with Crippen LogP contribution in [0.2, 0.25) is 0 Å². The highest BCUT2D eigenvalue weighted by atomic mass is 16.5. The third-order valence-electron chi connectivity index (χ3n) is 5.15. The lowest BCUT2D eigenvalue weighted by atomic mass is 9.75. The van der Waals surface area contributed by atoms with Crippen molar-refractivity contribution in [2.24, 2.45) is 11.3 Å². The first-order chi connectivity index (χ1) is 12.3. The molecule has 146 valence electrons. The zero-order valence-corrected chi connectivity index (χ0v) is 17.5. The fourth-order valence-electron chi connectivity index (χ4n) is 3.65. The molecular formula is C22H36N2O2. The van der Waals surface area contributed by atoms with Crippen molar-refractivity contribution in [1.29, 1.82) is 5.26 Å². The number of nitrogens with zero attached hydrogens (tertiary/aromatic N) is 2. The number of rotatable bonds is 9. The average Bonchev–Trinajstić information content (AvgIpc) is 2.57. The predicted octanol–water partition coefficient (Wildman–Crippen LogP) is 5.22. The van der Waals surface area contributed by atoms with E-state index in [1.807, 2.05) is 6.08 Å². The Kier molecular flexibility index (Phi) is 8.92. The van der Waals surface area contributed by atoms with Crippen molar-refractivity contribution in [3.8, 4) is 6.07 Å². The summed E-state index contributed by atoms with van der Waals surface area (Å²) >= 11 is 0. The van der Waals surface area contributed by atoms with Crippen molar-refractivity contribution in [2.75, 3.05) is 20.2 Å². The van der Waals surface area contributed by atoms with Gasteiger partial charge in [0.25, 0.3) is 0 Å². The van der Waals surface area contributed by atoms with Gasteiger partial charge in [-0.15, -0.1) is 0 Å². The molecule has 1 rings (SSSR count). The Morgan fingerprint density at radius 2 is 2.04 bits per heavy atom. The summed E-state index contributed by atoms with van der Waals surface area (Å²) in [4.78, 5) is 14.5. The molecule has 0 heterocycles. The monoisotopic (exact) mass is 360 g/mol. The number of carbonyl (C=O) groups is 1. The lowest BCUT2D eigenvalue weighted by Crippen LogP contribution is -2.31. The van der Waals surface area contributed by atoms with E-state index in [1.54, 1.807) is 6.92 Å². The molecule has 26 heavy (non-hydrogen) atoms. The van der Waals surface area contributed by atoms with E-state index in [1.165, 1.54) is 31.4 Å². The van der Waals surface area contributed by atoms with E-state index in [-0.39, 0.29) is 17.6 Å². The van der Waals surface area contributed by atoms with Crippen molar-refractivity contribution >= 4 is 5.97 Å². The number of allylic oxidation sites excluding steroid dienone is 3. The van der Waals surface area contributed by atoms with Crippen LogP contribution in [0.1, 0.15) is 73.1 Å². The Balaban J connectivity index is 3.10. The van der Waals surface area contributed by atoms with Crippen LogP contribution in [0, 0.1) is 22.7 Å². The molecule has 4 heteroatoms. The fourth-order valence-corrected chi connectivity index (χ4v) is 3.65. The molecule has 0 saturated carbocycles. The van der Waals surface area contributed by atoms with Gasteiger partial charge in [0.2, 0.25) is 0 Å². The van der Waals surface area contributed by atoms with Gasteiger partial charge in [0, 0.05) is 19.3 Å². The first-order valence-electron chi connectivity index (χ1n) is 10.00. The first kappa shape index (κ1) is 22.3. The molecule has 1 aliphatic rings. The molecule has 4 nitrogen and oxygen atoms in total. The molecule has 0 aromatic heterocycles. The van der Waals surface area contributed by atoms with Crippen molar-refractivity contribution in [2.45, 2.75) is 73.1 Å². The van der Waals surface area contributed by atoms with Gasteiger partial charge in [-0.1, -0.05) is 47.0 Å². The summed E-state index contributed by atoms with van der Waals surface area (Å²) in [5, 5.41) is 9.50. The molecule has 0 aliphatic heterocycles. The molecule has 0 radical (unpaired) electrons. The van der Waals surface area contributed by atoms with E-state index in [4.69, 9.17) is 4.74 Å². The number of hydrogen-bond acceptors (Lipinski definition) is 4. The van der Waals surface area contributed by atoms with Gasteiger partial charge >= 0.3 is 5.97 Å². The molecule has 1 aliphatic carbocycles. The van der Waals surface area contributed by atoms with Crippen LogP contribution in [0.15, 0.2) is 22.9 Å². The zero-order chi connectivity index (χ0) is 19.7. The van der Waals surface area contributed by atoms with Crippen LogP contribution in [0.4, 0.5) is 0 Å². The van der Waals surface area contributed by atoms with Gasteiger partial charge < -0.3 is 9.64 Å². The highest BCUT2D eigenvalue weighted by molar-refractivity contribution is 5.94. The topological polar surface area (TPSA) is 53.3 Å². The number of nitriles is 1. The second-order valence-electron chi connectivity index (χ2n) is 8.18. The number of unbranched alkanes of at least 4 members (excludes halogenated alkanes) is 1. The van der Waals surface area contributed by atoms with Crippen LogP contribution in [-0.4, -0.2) is 31.1 Å². The van der Waals surface area contributed by atoms with Crippen LogP contribution < -0.4 is 0 Å². The summed E-state index contributed by atoms with van der Waals surface area (Å²) in [5.74, 6) is 0.175. The predicted molar refractivity (Wildman–Crippen MR) is 106 cm³/mol. The van der Waals surface area contributed by atoms with Crippen molar-refractivity contribution in [3.63, 3.8) is 0 Å². The van der Waals surface area contributed by atoms with Crippen molar-refractivity contribution < 1.29 is 9.53 Å². The molecule has 0 N–H and O–H groups in total. The second-order valence-corrected chi connectivity index (χ2v) is 8.18. The molecular weight excluding hydrogens is 324 g/mol. The third-order valence-corrected chi connectivity index (χ3v) is 5.15. The lowest BCUT2D eigenvalue weighted by molar-refractivity contribution is -0.138. The van der Waals surface area contributed by atoms with Crippen LogP contribution >= 0.6 is 0 Å². The molecule has 0 aromatic rings. The summed E-state index contributed by atoms with van der Waals surface area (Å²) in [6.45, 7) is 12.0. The highest BCUT2D eigenvalue weighted by Gasteiger charge is 2.30. The Morgan fingerprint density at radius 1 is 1.35 bits per heavy atom.